The first-order valence-corrected chi connectivity index (χ1v) is 4.95. The van der Waals surface area contributed by atoms with E-state index in [0.717, 1.165) is 22.7 Å². The molecule has 0 saturated carbocycles. The Balaban J connectivity index is 2.18. The van der Waals surface area contributed by atoms with Crippen LogP contribution in [0.2, 0.25) is 0 Å². The Morgan fingerprint density at radius 2 is 0.688 bits per heavy atom. The van der Waals surface area contributed by atoms with Gasteiger partial charge in [0.25, 0.3) is 0 Å². The van der Waals surface area contributed by atoms with Crippen LogP contribution in [-0.4, -0.2) is 0 Å². The van der Waals surface area contributed by atoms with E-state index in [1.54, 1.807) is 0 Å². The van der Waals surface area contributed by atoms with Crippen LogP contribution in [0.15, 0.2) is 69.0 Å². The van der Waals surface area contributed by atoms with Crippen molar-refractivity contribution in [1.82, 2.24) is 0 Å². The van der Waals surface area contributed by atoms with Crippen LogP contribution in [0.5, 0.6) is 0 Å². The van der Waals surface area contributed by atoms with Crippen molar-refractivity contribution in [1.29, 1.82) is 0 Å². The summed E-state index contributed by atoms with van der Waals surface area (Å²) in [7, 11) is 0. The van der Waals surface area contributed by atoms with Crippen molar-refractivity contribution in [3.8, 4) is 0 Å². The monoisotopic (exact) mass is 208 g/mol. The molecule has 0 fully saturated rings. The molecular formula is C12H8N4. The third-order valence-electron chi connectivity index (χ3n) is 2.29. The zero-order chi connectivity index (χ0) is 10.8. The van der Waals surface area contributed by atoms with E-state index >= 15 is 0 Å². The first-order valence-electron chi connectivity index (χ1n) is 4.95. The van der Waals surface area contributed by atoms with E-state index in [4.69, 9.17) is 0 Å². The second-order valence-corrected chi connectivity index (χ2v) is 3.38. The van der Waals surface area contributed by atoms with Crippen LogP contribution in [0.25, 0.3) is 0 Å². The van der Waals surface area contributed by atoms with Gasteiger partial charge in [0, 0.05) is 0 Å². The Labute approximate surface area is 92.4 Å². The molecule has 1 heterocycles. The van der Waals surface area contributed by atoms with Gasteiger partial charge in [0.15, 0.2) is 0 Å². The summed E-state index contributed by atoms with van der Waals surface area (Å²) in [6.07, 6.45) is 0. The fourth-order valence-corrected chi connectivity index (χ4v) is 1.48. The zero-order valence-corrected chi connectivity index (χ0v) is 8.41. The summed E-state index contributed by atoms with van der Waals surface area (Å²) in [6.45, 7) is 0. The molecule has 1 aliphatic rings. The van der Waals surface area contributed by atoms with E-state index in [9.17, 15) is 0 Å². The Kier molecular flexibility index (Phi) is 2.04. The number of benzene rings is 2. The fraction of sp³-hybridized carbons (Fsp3) is 0. The molecule has 0 amide bonds. The lowest BCUT2D eigenvalue weighted by Crippen LogP contribution is -1.72. The average molecular weight is 208 g/mol. The highest BCUT2D eigenvalue weighted by atomic mass is 15.2. The topological polar surface area (TPSA) is 49.4 Å². The molecule has 1 aliphatic heterocycles. The predicted molar refractivity (Wildman–Crippen MR) is 61.2 cm³/mol. The number of rotatable bonds is 0. The SMILES string of the molecule is c1ccc2c(c1)N=Nc1ccccc1N=N2. The Bertz CT molecular complexity index is 484. The number of nitrogens with zero attached hydrogens (tertiary/aromatic N) is 4. The number of azo groups is 2. The van der Waals surface area contributed by atoms with E-state index in [2.05, 4.69) is 20.5 Å². The number of fused-ring (bicyclic) bond motifs is 2. The molecule has 2 aromatic carbocycles. The smallest absolute Gasteiger partial charge is 0.113 e. The van der Waals surface area contributed by atoms with Gasteiger partial charge in [0.1, 0.15) is 22.7 Å². The van der Waals surface area contributed by atoms with E-state index in [1.165, 1.54) is 0 Å². The largest absolute Gasteiger partial charge is 0.148 e. The molecule has 0 atom stereocenters. The Hall–Kier alpha value is -2.36. The maximum absolute atomic E-state index is 4.16. The van der Waals surface area contributed by atoms with Crippen molar-refractivity contribution >= 4 is 22.7 Å². The maximum atomic E-state index is 4.16. The minimum Gasteiger partial charge on any atom is -0.148 e. The summed E-state index contributed by atoms with van der Waals surface area (Å²) in [4.78, 5) is 0. The standard InChI is InChI=1S/C12H8N4/c1-2-6-10-9(5-1)13-15-11-7-3-4-8-12(11)16-14-10/h1-8H. The average Bonchev–Trinajstić information content (AvgIpc) is 2.32. The van der Waals surface area contributed by atoms with Gasteiger partial charge in [0.2, 0.25) is 0 Å². The van der Waals surface area contributed by atoms with Crippen molar-refractivity contribution in [2.24, 2.45) is 20.5 Å². The molecule has 16 heavy (non-hydrogen) atoms. The first kappa shape index (κ1) is 8.91. The van der Waals surface area contributed by atoms with E-state index in [-0.39, 0.29) is 0 Å². The second kappa shape index (κ2) is 3.66. The molecule has 4 heteroatoms. The molecule has 0 N–H and O–H groups in total. The highest BCUT2D eigenvalue weighted by Crippen LogP contribution is 2.36. The lowest BCUT2D eigenvalue weighted by atomic mass is 10.2. The number of hydrogen-bond donors (Lipinski definition) is 0. The van der Waals surface area contributed by atoms with Gasteiger partial charge in [-0.15, -0.1) is 20.5 Å². The summed E-state index contributed by atoms with van der Waals surface area (Å²) in [5, 5.41) is 16.6. The second-order valence-electron chi connectivity index (χ2n) is 3.38. The normalized spacial score (nSPS) is 12.5. The van der Waals surface area contributed by atoms with Gasteiger partial charge < -0.3 is 0 Å². The number of hydrogen-bond acceptors (Lipinski definition) is 4. The van der Waals surface area contributed by atoms with Crippen molar-refractivity contribution in [3.63, 3.8) is 0 Å². The van der Waals surface area contributed by atoms with Gasteiger partial charge in [-0.1, -0.05) is 24.3 Å². The van der Waals surface area contributed by atoms with Crippen molar-refractivity contribution in [2.75, 3.05) is 0 Å². The minimum atomic E-state index is 0.737. The van der Waals surface area contributed by atoms with Gasteiger partial charge in [-0.3, -0.25) is 0 Å². The summed E-state index contributed by atoms with van der Waals surface area (Å²) in [6, 6.07) is 15.1. The van der Waals surface area contributed by atoms with Gasteiger partial charge in [0.05, 0.1) is 0 Å². The molecule has 3 rings (SSSR count). The lowest BCUT2D eigenvalue weighted by Gasteiger charge is -2.03. The minimum absolute atomic E-state index is 0.737. The first-order chi connectivity index (χ1) is 7.93. The molecule has 0 bridgehead atoms. The van der Waals surface area contributed by atoms with Gasteiger partial charge in [-0.25, -0.2) is 0 Å². The summed E-state index contributed by atoms with van der Waals surface area (Å²) < 4.78 is 0. The van der Waals surface area contributed by atoms with Crippen LogP contribution in [0, 0.1) is 0 Å². The van der Waals surface area contributed by atoms with Crippen LogP contribution in [-0.2, 0) is 0 Å². The van der Waals surface area contributed by atoms with Crippen molar-refractivity contribution in [3.05, 3.63) is 48.5 Å². The lowest BCUT2D eigenvalue weighted by molar-refractivity contribution is 1.14. The molecule has 0 aromatic heterocycles. The highest BCUT2D eigenvalue weighted by molar-refractivity contribution is 5.65. The third kappa shape index (κ3) is 1.50. The molecule has 0 aliphatic carbocycles. The van der Waals surface area contributed by atoms with Crippen LogP contribution < -0.4 is 0 Å². The summed E-state index contributed by atoms with van der Waals surface area (Å²) in [5.41, 5.74) is 2.95. The molecule has 2 aromatic rings. The molecule has 0 unspecified atom stereocenters. The summed E-state index contributed by atoms with van der Waals surface area (Å²) >= 11 is 0. The molecular weight excluding hydrogens is 200 g/mol. The van der Waals surface area contributed by atoms with Gasteiger partial charge in [-0.05, 0) is 24.3 Å². The maximum Gasteiger partial charge on any atom is 0.113 e. The molecule has 0 spiro atoms. The van der Waals surface area contributed by atoms with Gasteiger partial charge in [-0.2, -0.15) is 0 Å². The Morgan fingerprint density at radius 3 is 0.938 bits per heavy atom. The van der Waals surface area contributed by atoms with Crippen LogP contribution >= 0.6 is 0 Å². The quantitative estimate of drug-likeness (QED) is 0.508. The molecule has 76 valence electrons. The summed E-state index contributed by atoms with van der Waals surface area (Å²) in [5.74, 6) is 0. The third-order valence-corrected chi connectivity index (χ3v) is 2.29. The van der Waals surface area contributed by atoms with E-state index < -0.39 is 0 Å². The fourth-order valence-electron chi connectivity index (χ4n) is 1.48. The molecule has 0 radical (unpaired) electrons. The van der Waals surface area contributed by atoms with E-state index in [1.807, 2.05) is 48.5 Å². The van der Waals surface area contributed by atoms with Crippen molar-refractivity contribution in [2.45, 2.75) is 0 Å². The van der Waals surface area contributed by atoms with Gasteiger partial charge >= 0.3 is 0 Å². The van der Waals surface area contributed by atoms with Crippen LogP contribution in [0.4, 0.5) is 22.7 Å². The predicted octanol–water partition coefficient (Wildman–Crippen LogP) is 4.83. The zero-order valence-electron chi connectivity index (χ0n) is 8.41. The van der Waals surface area contributed by atoms with Crippen molar-refractivity contribution < 1.29 is 0 Å². The Morgan fingerprint density at radius 1 is 0.438 bits per heavy atom. The van der Waals surface area contributed by atoms with E-state index in [0.29, 0.717) is 0 Å². The van der Waals surface area contributed by atoms with Crippen LogP contribution in [0.1, 0.15) is 0 Å². The molecule has 0 saturated heterocycles. The molecule has 4 nitrogen and oxygen atoms in total. The highest BCUT2D eigenvalue weighted by Gasteiger charge is 2.05. The van der Waals surface area contributed by atoms with Crippen LogP contribution in [0.3, 0.4) is 0 Å².